The van der Waals surface area contributed by atoms with Crippen LogP contribution in [0.2, 0.25) is 0 Å². The fraction of sp³-hybridized carbons (Fsp3) is 0.316. The van der Waals surface area contributed by atoms with Crippen LogP contribution in [0.1, 0.15) is 5.56 Å². The number of sulfonamides is 1. The van der Waals surface area contributed by atoms with E-state index in [1.807, 2.05) is 4.90 Å². The van der Waals surface area contributed by atoms with Crippen LogP contribution >= 0.6 is 0 Å². The number of hydrogen-bond donors (Lipinski definition) is 0. The molecule has 0 unspecified atom stereocenters. The maximum Gasteiger partial charge on any atom is 0.328 e. The summed E-state index contributed by atoms with van der Waals surface area (Å²) in [6, 6.07) is 10.3. The Morgan fingerprint density at radius 2 is 1.72 bits per heavy atom. The van der Waals surface area contributed by atoms with Crippen LogP contribution in [0.15, 0.2) is 46.2 Å². The predicted molar refractivity (Wildman–Crippen MR) is 108 cm³/mol. The standard InChI is InChI=1S/C19H20N6O3S/c1-22-16-6-5-15(12-17(16)23(2)19(22)26)29(27,28)25-10-8-24(9-11-25)18-14(13-20)4-3-7-21-18/h3-7,12H,8-11H2,1-2H3. The van der Waals surface area contributed by atoms with Gasteiger partial charge in [0.15, 0.2) is 0 Å². The van der Waals surface area contributed by atoms with Crippen molar-refractivity contribution in [1.29, 1.82) is 5.26 Å². The van der Waals surface area contributed by atoms with E-state index in [-0.39, 0.29) is 23.7 Å². The van der Waals surface area contributed by atoms with E-state index in [0.29, 0.717) is 35.5 Å². The van der Waals surface area contributed by atoms with Crippen LogP contribution in [0.4, 0.5) is 5.82 Å². The van der Waals surface area contributed by atoms with Crippen molar-refractivity contribution in [2.75, 3.05) is 31.1 Å². The summed E-state index contributed by atoms with van der Waals surface area (Å²) in [5.41, 5.74) is 1.52. The second-order valence-electron chi connectivity index (χ2n) is 6.93. The number of rotatable bonds is 3. The molecule has 0 radical (unpaired) electrons. The Morgan fingerprint density at radius 1 is 1.03 bits per heavy atom. The van der Waals surface area contributed by atoms with Crippen LogP contribution in [0.3, 0.4) is 0 Å². The van der Waals surface area contributed by atoms with Crippen molar-refractivity contribution in [2.24, 2.45) is 14.1 Å². The molecule has 1 saturated heterocycles. The Labute approximate surface area is 168 Å². The molecule has 0 saturated carbocycles. The number of piperazine rings is 1. The lowest BCUT2D eigenvalue weighted by atomic mass is 10.2. The first-order valence-electron chi connectivity index (χ1n) is 9.10. The molecule has 4 rings (SSSR count). The van der Waals surface area contributed by atoms with Crippen LogP contribution in [-0.4, -0.2) is 53.0 Å². The van der Waals surface area contributed by atoms with Gasteiger partial charge in [0, 0.05) is 46.5 Å². The van der Waals surface area contributed by atoms with Crippen molar-refractivity contribution in [3.05, 3.63) is 52.6 Å². The number of hydrogen-bond acceptors (Lipinski definition) is 6. The van der Waals surface area contributed by atoms with Gasteiger partial charge in [-0.1, -0.05) is 0 Å². The average molecular weight is 412 g/mol. The van der Waals surface area contributed by atoms with Gasteiger partial charge in [-0.15, -0.1) is 0 Å². The summed E-state index contributed by atoms with van der Waals surface area (Å²) in [7, 11) is -0.416. The molecule has 9 nitrogen and oxygen atoms in total. The van der Waals surface area contributed by atoms with Crippen molar-refractivity contribution in [3.8, 4) is 6.07 Å². The first kappa shape index (κ1) is 19.2. The molecule has 10 heteroatoms. The number of nitriles is 1. The fourth-order valence-corrected chi connectivity index (χ4v) is 5.12. The number of imidazole rings is 1. The normalized spacial score (nSPS) is 15.6. The van der Waals surface area contributed by atoms with Gasteiger partial charge in [0.2, 0.25) is 10.0 Å². The lowest BCUT2D eigenvalue weighted by molar-refractivity contribution is 0.384. The van der Waals surface area contributed by atoms with E-state index in [9.17, 15) is 18.5 Å². The Balaban J connectivity index is 1.60. The monoisotopic (exact) mass is 412 g/mol. The lowest BCUT2D eigenvalue weighted by Gasteiger charge is -2.35. The molecular formula is C19H20N6O3S. The van der Waals surface area contributed by atoms with Gasteiger partial charge in [0.25, 0.3) is 0 Å². The predicted octanol–water partition coefficient (Wildman–Crippen LogP) is 0.655. The summed E-state index contributed by atoms with van der Waals surface area (Å²) in [5.74, 6) is 0.577. The number of nitrogens with zero attached hydrogens (tertiary/aromatic N) is 6. The largest absolute Gasteiger partial charge is 0.353 e. The van der Waals surface area contributed by atoms with E-state index in [1.54, 1.807) is 44.6 Å². The summed E-state index contributed by atoms with van der Waals surface area (Å²) < 4.78 is 30.7. The Morgan fingerprint density at radius 3 is 2.41 bits per heavy atom. The first-order valence-corrected chi connectivity index (χ1v) is 10.5. The molecule has 0 bridgehead atoms. The number of benzene rings is 1. The highest BCUT2D eigenvalue weighted by atomic mass is 32.2. The van der Waals surface area contributed by atoms with Gasteiger partial charge < -0.3 is 4.90 Å². The molecule has 29 heavy (non-hydrogen) atoms. The minimum absolute atomic E-state index is 0.162. The lowest BCUT2D eigenvalue weighted by Crippen LogP contribution is -2.49. The molecular weight excluding hydrogens is 392 g/mol. The van der Waals surface area contributed by atoms with Gasteiger partial charge in [-0.2, -0.15) is 9.57 Å². The minimum atomic E-state index is -3.70. The molecule has 1 aliphatic heterocycles. The zero-order valence-electron chi connectivity index (χ0n) is 16.1. The molecule has 2 aromatic heterocycles. The zero-order chi connectivity index (χ0) is 20.8. The second-order valence-corrected chi connectivity index (χ2v) is 8.87. The topological polar surface area (TPSA) is 104 Å². The molecule has 0 spiro atoms. The van der Waals surface area contributed by atoms with Crippen LogP contribution < -0.4 is 10.6 Å². The number of anilines is 1. The third kappa shape index (κ3) is 3.08. The SMILES string of the molecule is Cn1c(=O)n(C)c2cc(S(=O)(=O)N3CCN(c4ncccc4C#N)CC3)ccc21. The fourth-order valence-electron chi connectivity index (χ4n) is 3.67. The van der Waals surface area contributed by atoms with Crippen molar-refractivity contribution in [1.82, 2.24) is 18.4 Å². The number of pyridine rings is 1. The van der Waals surface area contributed by atoms with Crippen molar-refractivity contribution >= 4 is 26.9 Å². The molecule has 3 heterocycles. The molecule has 1 aromatic carbocycles. The van der Waals surface area contributed by atoms with Gasteiger partial charge >= 0.3 is 5.69 Å². The molecule has 0 N–H and O–H groups in total. The highest BCUT2D eigenvalue weighted by Gasteiger charge is 2.30. The third-order valence-electron chi connectivity index (χ3n) is 5.33. The summed E-state index contributed by atoms with van der Waals surface area (Å²) in [6.45, 7) is 1.46. The maximum atomic E-state index is 13.1. The van der Waals surface area contributed by atoms with E-state index in [1.165, 1.54) is 19.5 Å². The molecule has 3 aromatic rings. The molecule has 1 aliphatic rings. The van der Waals surface area contributed by atoms with Crippen molar-refractivity contribution < 1.29 is 8.42 Å². The highest BCUT2D eigenvalue weighted by Crippen LogP contribution is 2.24. The third-order valence-corrected chi connectivity index (χ3v) is 7.22. The second kappa shape index (κ2) is 7.02. The van der Waals surface area contributed by atoms with Crippen LogP contribution in [0.5, 0.6) is 0 Å². The van der Waals surface area contributed by atoms with Crippen LogP contribution in [0, 0.1) is 11.3 Å². The summed E-state index contributed by atoms with van der Waals surface area (Å²) in [4.78, 5) is 18.5. The van der Waals surface area contributed by atoms with Crippen LogP contribution in [0.25, 0.3) is 11.0 Å². The molecule has 0 atom stereocenters. The van der Waals surface area contributed by atoms with Gasteiger partial charge in [0.1, 0.15) is 11.9 Å². The summed E-state index contributed by atoms with van der Waals surface area (Å²) in [6.07, 6.45) is 1.62. The zero-order valence-corrected chi connectivity index (χ0v) is 16.9. The highest BCUT2D eigenvalue weighted by molar-refractivity contribution is 7.89. The number of aryl methyl sites for hydroxylation is 2. The minimum Gasteiger partial charge on any atom is -0.353 e. The smallest absolute Gasteiger partial charge is 0.328 e. The molecule has 0 amide bonds. The summed E-state index contributed by atoms with van der Waals surface area (Å²) >= 11 is 0. The van der Waals surface area contributed by atoms with Crippen molar-refractivity contribution in [3.63, 3.8) is 0 Å². The van der Waals surface area contributed by atoms with E-state index < -0.39 is 10.0 Å². The van der Waals surface area contributed by atoms with E-state index in [4.69, 9.17) is 0 Å². The van der Waals surface area contributed by atoms with E-state index in [2.05, 4.69) is 11.1 Å². The van der Waals surface area contributed by atoms with E-state index in [0.717, 1.165) is 0 Å². The average Bonchev–Trinajstić information content (AvgIpc) is 2.97. The summed E-state index contributed by atoms with van der Waals surface area (Å²) in [5, 5.41) is 9.26. The van der Waals surface area contributed by atoms with Crippen molar-refractivity contribution in [2.45, 2.75) is 4.90 Å². The van der Waals surface area contributed by atoms with Gasteiger partial charge in [-0.25, -0.2) is 18.2 Å². The maximum absolute atomic E-state index is 13.1. The van der Waals surface area contributed by atoms with E-state index >= 15 is 0 Å². The van der Waals surface area contributed by atoms with Gasteiger partial charge in [-0.05, 0) is 30.3 Å². The Kier molecular flexibility index (Phi) is 4.64. The quantitative estimate of drug-likeness (QED) is 0.626. The van der Waals surface area contributed by atoms with Gasteiger partial charge in [-0.3, -0.25) is 9.13 Å². The molecule has 150 valence electrons. The van der Waals surface area contributed by atoms with Crippen LogP contribution in [-0.2, 0) is 24.1 Å². The number of aromatic nitrogens is 3. The number of fused-ring (bicyclic) bond motifs is 1. The Hall–Kier alpha value is -3.16. The van der Waals surface area contributed by atoms with Gasteiger partial charge in [0.05, 0.1) is 21.5 Å². The Bertz CT molecular complexity index is 1290. The first-order chi connectivity index (χ1) is 13.8. The molecule has 0 aliphatic carbocycles. The molecule has 1 fully saturated rings.